The smallest absolute Gasteiger partial charge is 0.134 e. The molecule has 136 valence electrons. The van der Waals surface area contributed by atoms with Crippen LogP contribution < -0.4 is 4.90 Å². The van der Waals surface area contributed by atoms with Crippen molar-refractivity contribution in [3.63, 3.8) is 0 Å². The van der Waals surface area contributed by atoms with Gasteiger partial charge in [0, 0.05) is 16.6 Å². The maximum absolute atomic E-state index is 6.45. The van der Waals surface area contributed by atoms with Gasteiger partial charge in [0.2, 0.25) is 0 Å². The molecular formula is C25H25NO. The fraction of sp³-hybridized carbons (Fsp3) is 0.440. The molecule has 0 atom stereocenters. The molecule has 0 amide bonds. The van der Waals surface area contributed by atoms with Crippen LogP contribution in [0.5, 0.6) is 0 Å². The first-order valence-electron chi connectivity index (χ1n) is 10.7. The number of rotatable bonds is 1. The van der Waals surface area contributed by atoms with Crippen LogP contribution in [0.2, 0.25) is 0 Å². The van der Waals surface area contributed by atoms with Gasteiger partial charge in [-0.05, 0) is 74.0 Å². The Kier molecular flexibility index (Phi) is 2.73. The van der Waals surface area contributed by atoms with Crippen LogP contribution >= 0.6 is 0 Å². The van der Waals surface area contributed by atoms with Crippen molar-refractivity contribution < 1.29 is 4.42 Å². The molecular weight excluding hydrogens is 330 g/mol. The molecule has 1 aliphatic heterocycles. The Labute approximate surface area is 160 Å². The standard InChI is InChI=1S/C25H25NO/c1-2-6-20(7-3-1)26-15-23-24(21-8-4-5-9-22(21)27-23)25(26)18-11-16-10-17(13-18)14-19(25)12-16/h1-9,16-19H,10-15H2. The van der Waals surface area contributed by atoms with E-state index in [1.165, 1.54) is 48.9 Å². The van der Waals surface area contributed by atoms with Crippen molar-refractivity contribution in [2.75, 3.05) is 4.90 Å². The highest BCUT2D eigenvalue weighted by Crippen LogP contribution is 2.67. The lowest BCUT2D eigenvalue weighted by Gasteiger charge is -2.63. The summed E-state index contributed by atoms with van der Waals surface area (Å²) in [6.07, 6.45) is 7.14. The Morgan fingerprint density at radius 1 is 0.778 bits per heavy atom. The van der Waals surface area contributed by atoms with E-state index in [-0.39, 0.29) is 5.54 Å². The molecule has 4 bridgehead atoms. The van der Waals surface area contributed by atoms with Gasteiger partial charge in [-0.1, -0.05) is 36.4 Å². The number of benzene rings is 2. The minimum atomic E-state index is 0.150. The van der Waals surface area contributed by atoms with Crippen LogP contribution in [0.1, 0.15) is 43.4 Å². The predicted octanol–water partition coefficient (Wildman–Crippen LogP) is 6.10. The zero-order chi connectivity index (χ0) is 17.6. The molecule has 8 rings (SSSR count). The third-order valence-corrected chi connectivity index (χ3v) is 8.27. The number of hydrogen-bond donors (Lipinski definition) is 0. The number of fused-ring (bicyclic) bond motifs is 3. The summed E-state index contributed by atoms with van der Waals surface area (Å²) >= 11 is 0. The van der Waals surface area contributed by atoms with Gasteiger partial charge in [-0.2, -0.15) is 0 Å². The quantitative estimate of drug-likeness (QED) is 0.524. The lowest BCUT2D eigenvalue weighted by Crippen LogP contribution is -2.61. The number of anilines is 1. The summed E-state index contributed by atoms with van der Waals surface area (Å²) in [6.45, 7) is 0.927. The third-order valence-electron chi connectivity index (χ3n) is 8.27. The van der Waals surface area contributed by atoms with Gasteiger partial charge in [0.05, 0.1) is 12.1 Å². The van der Waals surface area contributed by atoms with Crippen LogP contribution in [0.25, 0.3) is 11.0 Å². The molecule has 4 aliphatic carbocycles. The van der Waals surface area contributed by atoms with Gasteiger partial charge >= 0.3 is 0 Å². The molecule has 2 aromatic carbocycles. The second-order valence-corrected chi connectivity index (χ2v) is 9.45. The molecule has 5 aliphatic rings. The summed E-state index contributed by atoms with van der Waals surface area (Å²) < 4.78 is 6.45. The molecule has 2 heterocycles. The number of nitrogens with zero attached hydrogens (tertiary/aromatic N) is 1. The molecule has 3 aromatic rings. The molecule has 2 nitrogen and oxygen atoms in total. The SMILES string of the molecule is c1ccc(N2Cc3oc4ccccc4c3C23C2CC4CC(C2)CC3C4)cc1. The van der Waals surface area contributed by atoms with E-state index in [9.17, 15) is 0 Å². The van der Waals surface area contributed by atoms with E-state index in [4.69, 9.17) is 4.42 Å². The normalized spacial score (nSPS) is 36.1. The van der Waals surface area contributed by atoms with Crippen molar-refractivity contribution >= 4 is 16.7 Å². The van der Waals surface area contributed by atoms with Crippen LogP contribution in [0, 0.1) is 23.7 Å². The molecule has 1 aromatic heterocycles. The Morgan fingerprint density at radius 2 is 1.44 bits per heavy atom. The summed E-state index contributed by atoms with van der Waals surface area (Å²) in [7, 11) is 0. The molecule has 2 heteroatoms. The highest BCUT2D eigenvalue weighted by molar-refractivity contribution is 5.86. The van der Waals surface area contributed by atoms with Gasteiger partial charge in [-0.25, -0.2) is 0 Å². The van der Waals surface area contributed by atoms with Gasteiger partial charge < -0.3 is 9.32 Å². The zero-order valence-electron chi connectivity index (χ0n) is 15.6. The topological polar surface area (TPSA) is 16.4 Å². The predicted molar refractivity (Wildman–Crippen MR) is 108 cm³/mol. The highest BCUT2D eigenvalue weighted by atomic mass is 16.3. The Morgan fingerprint density at radius 3 is 2.19 bits per heavy atom. The fourth-order valence-electron chi connectivity index (χ4n) is 7.72. The number of hydrogen-bond acceptors (Lipinski definition) is 2. The first-order chi connectivity index (χ1) is 13.3. The Balaban J connectivity index is 1.52. The first-order valence-corrected chi connectivity index (χ1v) is 10.7. The van der Waals surface area contributed by atoms with Crippen molar-refractivity contribution in [1.82, 2.24) is 0 Å². The second-order valence-electron chi connectivity index (χ2n) is 9.45. The van der Waals surface area contributed by atoms with Crippen LogP contribution in [-0.4, -0.2) is 0 Å². The summed E-state index contributed by atoms with van der Waals surface area (Å²) in [5, 5.41) is 1.37. The van der Waals surface area contributed by atoms with E-state index in [1.54, 1.807) is 5.56 Å². The van der Waals surface area contributed by atoms with Crippen LogP contribution in [0.15, 0.2) is 59.0 Å². The van der Waals surface area contributed by atoms with Crippen molar-refractivity contribution in [3.8, 4) is 0 Å². The maximum Gasteiger partial charge on any atom is 0.134 e. The van der Waals surface area contributed by atoms with E-state index in [1.807, 2.05) is 0 Å². The largest absolute Gasteiger partial charge is 0.459 e. The van der Waals surface area contributed by atoms with Crippen molar-refractivity contribution in [1.29, 1.82) is 0 Å². The van der Waals surface area contributed by atoms with Gasteiger partial charge in [0.25, 0.3) is 0 Å². The molecule has 27 heavy (non-hydrogen) atoms. The van der Waals surface area contributed by atoms with Gasteiger partial charge in [-0.3, -0.25) is 0 Å². The highest BCUT2D eigenvalue weighted by Gasteiger charge is 2.64. The van der Waals surface area contributed by atoms with E-state index in [0.29, 0.717) is 0 Å². The van der Waals surface area contributed by atoms with E-state index >= 15 is 0 Å². The Hall–Kier alpha value is -2.22. The summed E-state index contributed by atoms with van der Waals surface area (Å²) in [5.74, 6) is 4.72. The monoisotopic (exact) mass is 355 g/mol. The minimum Gasteiger partial charge on any atom is -0.459 e. The lowest BCUT2D eigenvalue weighted by atomic mass is 9.47. The molecule has 4 saturated carbocycles. The maximum atomic E-state index is 6.45. The second kappa shape index (κ2) is 4.98. The van der Waals surface area contributed by atoms with E-state index < -0.39 is 0 Å². The average molecular weight is 355 g/mol. The third kappa shape index (κ3) is 1.73. The summed E-state index contributed by atoms with van der Waals surface area (Å²) in [4.78, 5) is 2.75. The lowest BCUT2D eigenvalue weighted by molar-refractivity contribution is -0.0581. The van der Waals surface area contributed by atoms with Gasteiger partial charge in [-0.15, -0.1) is 0 Å². The summed E-state index contributed by atoms with van der Waals surface area (Å²) in [5.41, 5.74) is 4.16. The van der Waals surface area contributed by atoms with E-state index in [0.717, 1.165) is 35.8 Å². The number of para-hydroxylation sites is 2. The molecule has 4 fully saturated rings. The fourth-order valence-corrected chi connectivity index (χ4v) is 7.72. The van der Waals surface area contributed by atoms with Crippen molar-refractivity contribution in [2.24, 2.45) is 23.7 Å². The van der Waals surface area contributed by atoms with Crippen molar-refractivity contribution in [3.05, 3.63) is 65.9 Å². The minimum absolute atomic E-state index is 0.150. The molecule has 1 spiro atoms. The van der Waals surface area contributed by atoms with Gasteiger partial charge in [0.1, 0.15) is 11.3 Å². The van der Waals surface area contributed by atoms with Crippen molar-refractivity contribution in [2.45, 2.75) is 44.2 Å². The molecule has 0 N–H and O–H groups in total. The van der Waals surface area contributed by atoms with Crippen LogP contribution in [-0.2, 0) is 12.1 Å². The summed E-state index contributed by atoms with van der Waals surface area (Å²) in [6, 6.07) is 19.9. The number of furan rings is 1. The molecule has 0 radical (unpaired) electrons. The van der Waals surface area contributed by atoms with E-state index in [2.05, 4.69) is 59.5 Å². The van der Waals surface area contributed by atoms with Crippen LogP contribution in [0.3, 0.4) is 0 Å². The van der Waals surface area contributed by atoms with Crippen LogP contribution in [0.4, 0.5) is 5.69 Å². The molecule has 0 saturated heterocycles. The first kappa shape index (κ1) is 14.8. The average Bonchev–Trinajstić information content (AvgIpc) is 3.21. The Bertz CT molecular complexity index is 1000. The molecule has 0 unspecified atom stereocenters. The zero-order valence-corrected chi connectivity index (χ0v) is 15.6. The van der Waals surface area contributed by atoms with Gasteiger partial charge in [0.15, 0.2) is 0 Å².